The molecule has 7 heteroatoms. The molecule has 3 aromatic carbocycles. The molecule has 1 heterocycles. The molecule has 0 saturated carbocycles. The molecule has 4 aromatic rings. The molecule has 0 amide bonds. The van der Waals surface area contributed by atoms with Crippen LogP contribution in [-0.2, 0) is 0 Å². The van der Waals surface area contributed by atoms with Crippen LogP contribution in [-0.4, -0.2) is 30.2 Å². The van der Waals surface area contributed by atoms with Crippen molar-refractivity contribution in [3.05, 3.63) is 89.1 Å². The van der Waals surface area contributed by atoms with Crippen molar-refractivity contribution in [2.45, 2.75) is 6.92 Å². The van der Waals surface area contributed by atoms with Gasteiger partial charge in [-0.2, -0.15) is 10.2 Å². The van der Waals surface area contributed by atoms with E-state index in [0.29, 0.717) is 16.5 Å². The first-order valence-corrected chi connectivity index (χ1v) is 10.4. The Bertz CT molecular complexity index is 1250. The highest BCUT2D eigenvalue weighted by atomic mass is 35.5. The first-order chi connectivity index (χ1) is 15.6. The maximum Gasteiger partial charge on any atom is 0.161 e. The molecule has 0 bridgehead atoms. The second-order valence-electron chi connectivity index (χ2n) is 7.12. The molecule has 0 atom stereocenters. The number of halogens is 1. The smallest absolute Gasteiger partial charge is 0.161 e. The van der Waals surface area contributed by atoms with Crippen molar-refractivity contribution in [2.24, 2.45) is 5.10 Å². The van der Waals surface area contributed by atoms with Crippen molar-refractivity contribution in [1.29, 1.82) is 0 Å². The van der Waals surface area contributed by atoms with E-state index >= 15 is 0 Å². The summed E-state index contributed by atoms with van der Waals surface area (Å²) in [6.45, 7) is 1.96. The fourth-order valence-electron chi connectivity index (χ4n) is 3.24. The van der Waals surface area contributed by atoms with Crippen LogP contribution < -0.4 is 14.9 Å². The monoisotopic (exact) mass is 446 g/mol. The minimum atomic E-state index is 0.634. The van der Waals surface area contributed by atoms with E-state index in [1.54, 1.807) is 20.4 Å². The van der Waals surface area contributed by atoms with Crippen LogP contribution in [0.1, 0.15) is 11.1 Å². The summed E-state index contributed by atoms with van der Waals surface area (Å²) in [5.41, 5.74) is 8.30. The minimum Gasteiger partial charge on any atom is -0.493 e. The number of hydrazone groups is 1. The van der Waals surface area contributed by atoms with Gasteiger partial charge in [0.2, 0.25) is 0 Å². The van der Waals surface area contributed by atoms with Gasteiger partial charge >= 0.3 is 0 Å². The van der Waals surface area contributed by atoms with Crippen LogP contribution in [0.5, 0.6) is 11.5 Å². The Labute approximate surface area is 192 Å². The summed E-state index contributed by atoms with van der Waals surface area (Å²) >= 11 is 6.21. The maximum absolute atomic E-state index is 6.21. The number of methoxy groups -OCH3 is 2. The molecule has 1 aromatic heterocycles. The van der Waals surface area contributed by atoms with Crippen molar-refractivity contribution in [3.63, 3.8) is 0 Å². The molecule has 162 valence electrons. The van der Waals surface area contributed by atoms with Gasteiger partial charge in [0.1, 0.15) is 5.69 Å². The van der Waals surface area contributed by atoms with Crippen LogP contribution in [0.15, 0.2) is 78.0 Å². The summed E-state index contributed by atoms with van der Waals surface area (Å²) in [7, 11) is 3.23. The summed E-state index contributed by atoms with van der Waals surface area (Å²) in [4.78, 5) is 0. The fraction of sp³-hybridized carbons (Fsp3) is 0.120. The van der Waals surface area contributed by atoms with Crippen molar-refractivity contribution in [3.8, 4) is 28.4 Å². The van der Waals surface area contributed by atoms with Gasteiger partial charge < -0.3 is 9.47 Å². The number of aromatic nitrogens is 2. The van der Waals surface area contributed by atoms with Gasteiger partial charge in [-0.05, 0) is 55.0 Å². The average molecular weight is 447 g/mol. The molecule has 0 radical (unpaired) electrons. The Morgan fingerprint density at radius 2 is 1.75 bits per heavy atom. The van der Waals surface area contributed by atoms with E-state index in [9.17, 15) is 0 Å². The van der Waals surface area contributed by atoms with Crippen LogP contribution >= 0.6 is 11.6 Å². The van der Waals surface area contributed by atoms with E-state index < -0.39 is 0 Å². The average Bonchev–Trinajstić information content (AvgIpc) is 3.25. The number of benzene rings is 3. The molecule has 4 rings (SSSR count). The zero-order chi connectivity index (χ0) is 22.5. The minimum absolute atomic E-state index is 0.634. The van der Waals surface area contributed by atoms with Gasteiger partial charge in [-0.3, -0.25) is 5.43 Å². The van der Waals surface area contributed by atoms with Crippen molar-refractivity contribution in [2.75, 3.05) is 19.6 Å². The number of nitrogens with zero attached hydrogens (tertiary/aromatic N) is 3. The number of rotatable bonds is 7. The van der Waals surface area contributed by atoms with Crippen LogP contribution in [0.3, 0.4) is 0 Å². The molecule has 0 aliphatic heterocycles. The molecule has 0 aliphatic carbocycles. The molecule has 0 fully saturated rings. The first-order valence-electron chi connectivity index (χ1n) is 10.0. The van der Waals surface area contributed by atoms with Gasteiger partial charge in [0, 0.05) is 22.3 Å². The van der Waals surface area contributed by atoms with Crippen molar-refractivity contribution in [1.82, 2.24) is 9.78 Å². The van der Waals surface area contributed by atoms with Gasteiger partial charge in [0.15, 0.2) is 11.5 Å². The number of anilines is 1. The molecular weight excluding hydrogens is 424 g/mol. The number of ether oxygens (including phenoxy) is 2. The lowest BCUT2D eigenvalue weighted by Crippen LogP contribution is -1.95. The van der Waals surface area contributed by atoms with Crippen LogP contribution in [0, 0.1) is 6.92 Å². The second kappa shape index (κ2) is 9.58. The number of para-hydroxylation sites is 1. The van der Waals surface area contributed by atoms with Gasteiger partial charge in [-0.25, -0.2) is 4.68 Å². The summed E-state index contributed by atoms with van der Waals surface area (Å²) in [6, 6.07) is 21.4. The highest BCUT2D eigenvalue weighted by Crippen LogP contribution is 2.33. The van der Waals surface area contributed by atoms with E-state index in [2.05, 4.69) is 10.5 Å². The van der Waals surface area contributed by atoms with Gasteiger partial charge in [0.05, 0.1) is 31.8 Å². The Morgan fingerprint density at radius 3 is 2.47 bits per heavy atom. The maximum atomic E-state index is 6.21. The molecule has 0 aliphatic rings. The van der Waals surface area contributed by atoms with Gasteiger partial charge in [-0.15, -0.1) is 0 Å². The van der Waals surface area contributed by atoms with Crippen LogP contribution in [0.25, 0.3) is 16.9 Å². The molecule has 0 unspecified atom stereocenters. The highest BCUT2D eigenvalue weighted by Gasteiger charge is 2.14. The molecular formula is C25H23ClN4O2. The lowest BCUT2D eigenvalue weighted by molar-refractivity contribution is 0.355. The predicted octanol–water partition coefficient (Wildman–Crippen LogP) is 5.96. The molecule has 6 nitrogen and oxygen atoms in total. The fourth-order valence-corrected chi connectivity index (χ4v) is 3.42. The van der Waals surface area contributed by atoms with E-state index in [-0.39, 0.29) is 0 Å². The second-order valence-corrected chi connectivity index (χ2v) is 7.52. The first kappa shape index (κ1) is 21.5. The zero-order valence-electron chi connectivity index (χ0n) is 18.0. The van der Waals surface area contributed by atoms with E-state index in [0.717, 1.165) is 33.8 Å². The Kier molecular flexibility index (Phi) is 6.42. The standard InChI is InChI=1S/C25H23ClN4O2/c1-17-9-11-20(14-22(17)26)28-27-15-19-16-30(21-7-5-4-6-8-21)29-25(19)18-10-12-23(31-2)24(13-18)32-3/h4-16,28H,1-3H3/b27-15+. The Balaban J connectivity index is 1.71. The summed E-state index contributed by atoms with van der Waals surface area (Å²) in [5.74, 6) is 1.29. The number of aryl methyl sites for hydroxylation is 1. The predicted molar refractivity (Wildman–Crippen MR) is 130 cm³/mol. The third kappa shape index (κ3) is 4.60. The lowest BCUT2D eigenvalue weighted by atomic mass is 10.1. The summed E-state index contributed by atoms with van der Waals surface area (Å²) < 4.78 is 12.7. The van der Waals surface area contributed by atoms with Crippen LogP contribution in [0.4, 0.5) is 5.69 Å². The zero-order valence-corrected chi connectivity index (χ0v) is 18.8. The van der Waals surface area contributed by atoms with E-state index in [1.807, 2.05) is 84.5 Å². The highest BCUT2D eigenvalue weighted by molar-refractivity contribution is 6.31. The lowest BCUT2D eigenvalue weighted by Gasteiger charge is -2.09. The molecule has 0 saturated heterocycles. The summed E-state index contributed by atoms with van der Waals surface area (Å²) in [6.07, 6.45) is 3.68. The van der Waals surface area contributed by atoms with Gasteiger partial charge in [-0.1, -0.05) is 35.9 Å². The van der Waals surface area contributed by atoms with E-state index in [1.165, 1.54) is 0 Å². The molecule has 32 heavy (non-hydrogen) atoms. The van der Waals surface area contributed by atoms with Crippen molar-refractivity contribution < 1.29 is 9.47 Å². The normalized spacial score (nSPS) is 11.0. The quantitative estimate of drug-likeness (QED) is 0.281. The number of hydrogen-bond acceptors (Lipinski definition) is 5. The topological polar surface area (TPSA) is 60.7 Å². The number of hydrogen-bond donors (Lipinski definition) is 1. The number of nitrogens with one attached hydrogen (secondary N) is 1. The Hall–Kier alpha value is -3.77. The Morgan fingerprint density at radius 1 is 0.969 bits per heavy atom. The molecule has 0 spiro atoms. The third-order valence-corrected chi connectivity index (χ3v) is 5.40. The van der Waals surface area contributed by atoms with Crippen molar-refractivity contribution >= 4 is 23.5 Å². The van der Waals surface area contributed by atoms with Gasteiger partial charge in [0.25, 0.3) is 0 Å². The van der Waals surface area contributed by atoms with E-state index in [4.69, 9.17) is 26.2 Å². The van der Waals surface area contributed by atoms with Crippen LogP contribution in [0.2, 0.25) is 5.02 Å². The largest absolute Gasteiger partial charge is 0.493 e. The third-order valence-electron chi connectivity index (χ3n) is 4.99. The molecule has 1 N–H and O–H groups in total. The summed E-state index contributed by atoms with van der Waals surface area (Å²) in [5, 5.41) is 9.91. The SMILES string of the molecule is COc1ccc(-c2nn(-c3ccccc3)cc2/C=N/Nc2ccc(C)c(Cl)c2)cc1OC.